The van der Waals surface area contributed by atoms with Crippen LogP contribution in [0.25, 0.3) is 0 Å². The van der Waals surface area contributed by atoms with Crippen LogP contribution in [0.4, 0.5) is 0 Å². The number of carboxylic acids is 1. The maximum Gasteiger partial charge on any atom is 0.329 e. The number of nitrogens with one attached hydrogen (secondary N) is 1. The maximum atomic E-state index is 13.1. The van der Waals surface area contributed by atoms with Gasteiger partial charge < -0.3 is 15.2 Å². The minimum Gasteiger partial charge on any atom is -0.481 e. The molecule has 0 heterocycles. The molecule has 0 saturated heterocycles. The van der Waals surface area contributed by atoms with Crippen molar-refractivity contribution in [3.8, 4) is 0 Å². The molecule has 46 heavy (non-hydrogen) atoms. The lowest BCUT2D eigenvalue weighted by atomic mass is 10.0. The summed E-state index contributed by atoms with van der Waals surface area (Å²) in [7, 11) is 0. The molecule has 0 bridgehead atoms. The van der Waals surface area contributed by atoms with Gasteiger partial charge in [0, 0.05) is 6.42 Å². The highest BCUT2D eigenvalue weighted by Gasteiger charge is 2.27. The van der Waals surface area contributed by atoms with Gasteiger partial charge in [0.15, 0.2) is 0 Å². The van der Waals surface area contributed by atoms with E-state index in [0.717, 1.165) is 57.8 Å². The van der Waals surface area contributed by atoms with Gasteiger partial charge in [-0.05, 0) is 32.1 Å². The first-order valence-corrected chi connectivity index (χ1v) is 20.2. The highest BCUT2D eigenvalue weighted by molar-refractivity contribution is 5.87. The molecular formula is C40H77NO5. The highest BCUT2D eigenvalue weighted by Crippen LogP contribution is 2.19. The van der Waals surface area contributed by atoms with E-state index in [1.54, 1.807) is 0 Å². The van der Waals surface area contributed by atoms with Crippen molar-refractivity contribution in [2.75, 3.05) is 0 Å². The lowest BCUT2D eigenvalue weighted by Gasteiger charge is -2.22. The fourth-order valence-electron chi connectivity index (χ4n) is 6.28. The Bertz CT molecular complexity index is 697. The van der Waals surface area contributed by atoms with E-state index in [-0.39, 0.29) is 12.0 Å². The Hall–Kier alpha value is -1.59. The third-order valence-electron chi connectivity index (χ3n) is 9.30. The van der Waals surface area contributed by atoms with E-state index in [1.165, 1.54) is 135 Å². The third-order valence-corrected chi connectivity index (χ3v) is 9.30. The molecule has 0 spiro atoms. The van der Waals surface area contributed by atoms with Crippen molar-refractivity contribution >= 4 is 17.8 Å². The molecule has 272 valence electrons. The number of amides is 1. The molecule has 0 aliphatic carbocycles. The molecule has 0 rings (SSSR count). The Balaban J connectivity index is 4.51. The van der Waals surface area contributed by atoms with E-state index < -0.39 is 24.4 Å². The predicted molar refractivity (Wildman–Crippen MR) is 194 cm³/mol. The first kappa shape index (κ1) is 44.4. The van der Waals surface area contributed by atoms with Crippen molar-refractivity contribution in [2.45, 2.75) is 238 Å². The first-order valence-electron chi connectivity index (χ1n) is 20.2. The van der Waals surface area contributed by atoms with Gasteiger partial charge in [0.05, 0.1) is 6.42 Å². The predicted octanol–water partition coefficient (Wildman–Crippen LogP) is 12.0. The largest absolute Gasteiger partial charge is 0.481 e. The molecule has 6 heteroatoms. The molecule has 1 unspecified atom stereocenters. The fraction of sp³-hybridized carbons (Fsp3) is 0.925. The Morgan fingerprint density at radius 3 is 1.17 bits per heavy atom. The molecule has 0 aromatic heterocycles. The minimum absolute atomic E-state index is 0.211. The number of rotatable bonds is 36. The van der Waals surface area contributed by atoms with Crippen LogP contribution < -0.4 is 5.32 Å². The number of carbonyl (C=O) groups excluding carboxylic acids is 2. The van der Waals surface area contributed by atoms with Gasteiger partial charge in [-0.2, -0.15) is 0 Å². The molecule has 0 saturated carbocycles. The summed E-state index contributed by atoms with van der Waals surface area (Å²) in [5.74, 6) is -1.94. The van der Waals surface area contributed by atoms with E-state index in [0.29, 0.717) is 6.42 Å². The van der Waals surface area contributed by atoms with E-state index in [4.69, 9.17) is 4.74 Å². The fourth-order valence-corrected chi connectivity index (χ4v) is 6.28. The summed E-state index contributed by atoms with van der Waals surface area (Å²) < 4.78 is 5.92. The van der Waals surface area contributed by atoms with Crippen molar-refractivity contribution in [1.82, 2.24) is 5.32 Å². The van der Waals surface area contributed by atoms with Crippen molar-refractivity contribution < 1.29 is 24.2 Å². The minimum atomic E-state index is -1.12. The second-order valence-corrected chi connectivity index (χ2v) is 13.9. The van der Waals surface area contributed by atoms with E-state index in [1.807, 2.05) is 0 Å². The topological polar surface area (TPSA) is 92.7 Å². The lowest BCUT2D eigenvalue weighted by Crippen LogP contribution is -2.44. The number of carboxylic acid groups (broad SMARTS) is 1. The molecule has 0 aliphatic rings. The van der Waals surface area contributed by atoms with Crippen LogP contribution in [0.1, 0.15) is 226 Å². The number of ether oxygens (including phenoxy) is 1. The molecule has 2 atom stereocenters. The summed E-state index contributed by atoms with van der Waals surface area (Å²) in [6.45, 7) is 6.71. The molecular weight excluding hydrogens is 574 g/mol. The van der Waals surface area contributed by atoms with Crippen LogP contribution in [0.15, 0.2) is 0 Å². The first-order chi connectivity index (χ1) is 22.4. The SMILES string of the molecule is CCCCCCCCCCCCCCCC(=O)N[C@@H](CC(=O)O)C(=O)OC(CCCCCCCC)CCCCCCCCCCC. The van der Waals surface area contributed by atoms with Crippen LogP contribution in [-0.2, 0) is 19.1 Å². The Labute approximate surface area is 285 Å². The van der Waals surface area contributed by atoms with Gasteiger partial charge in [-0.3, -0.25) is 9.59 Å². The van der Waals surface area contributed by atoms with Gasteiger partial charge in [0.1, 0.15) is 12.1 Å². The number of unbranched alkanes of at least 4 members (excludes halogenated alkanes) is 25. The molecule has 6 nitrogen and oxygen atoms in total. The smallest absolute Gasteiger partial charge is 0.329 e. The van der Waals surface area contributed by atoms with Crippen molar-refractivity contribution in [3.63, 3.8) is 0 Å². The van der Waals surface area contributed by atoms with Crippen LogP contribution in [-0.4, -0.2) is 35.1 Å². The summed E-state index contributed by atoms with van der Waals surface area (Å²) >= 11 is 0. The van der Waals surface area contributed by atoms with Crippen LogP contribution >= 0.6 is 0 Å². The zero-order chi connectivity index (χ0) is 33.9. The van der Waals surface area contributed by atoms with Gasteiger partial charge in [-0.15, -0.1) is 0 Å². The van der Waals surface area contributed by atoms with Crippen LogP contribution in [0.3, 0.4) is 0 Å². The molecule has 0 aromatic rings. The molecule has 0 radical (unpaired) electrons. The number of esters is 1. The molecule has 2 N–H and O–H groups in total. The summed E-state index contributed by atoms with van der Waals surface area (Å²) in [6, 6.07) is -1.12. The Kier molecular flexibility index (Phi) is 33.5. The number of hydrogen-bond acceptors (Lipinski definition) is 4. The number of hydrogen-bond donors (Lipinski definition) is 2. The highest BCUT2D eigenvalue weighted by atomic mass is 16.5. The summed E-state index contributed by atoms with van der Waals surface area (Å²) in [5.41, 5.74) is 0. The number of carbonyl (C=O) groups is 3. The molecule has 1 amide bonds. The Morgan fingerprint density at radius 2 is 0.826 bits per heavy atom. The lowest BCUT2D eigenvalue weighted by molar-refractivity contribution is -0.156. The number of aliphatic carboxylic acids is 1. The molecule has 0 fully saturated rings. The standard InChI is InChI=1S/C40H77NO5/c1-4-7-10-13-16-18-19-20-21-23-25-28-31-34-38(42)41-37(35-39(43)44)40(45)46-36(32-29-26-15-12-9-6-3)33-30-27-24-22-17-14-11-8-5-2/h36-37H,4-35H2,1-3H3,(H,41,42)(H,43,44)/t36?,37-/m0/s1. The second-order valence-electron chi connectivity index (χ2n) is 13.9. The quantitative estimate of drug-likeness (QED) is 0.0519. The average Bonchev–Trinajstić information content (AvgIpc) is 3.03. The molecule has 0 aliphatic heterocycles. The zero-order valence-corrected chi connectivity index (χ0v) is 30.9. The van der Waals surface area contributed by atoms with Gasteiger partial charge in [-0.25, -0.2) is 4.79 Å². The molecule has 0 aromatic carbocycles. The summed E-state index contributed by atoms with van der Waals surface area (Å²) in [6.07, 6.45) is 35.6. The third kappa shape index (κ3) is 31.0. The second kappa shape index (κ2) is 34.7. The van der Waals surface area contributed by atoms with Gasteiger partial charge in [0.2, 0.25) is 5.91 Å². The van der Waals surface area contributed by atoms with E-state index >= 15 is 0 Å². The van der Waals surface area contributed by atoms with E-state index in [9.17, 15) is 19.5 Å². The van der Waals surface area contributed by atoms with Crippen molar-refractivity contribution in [1.29, 1.82) is 0 Å². The Morgan fingerprint density at radius 1 is 0.500 bits per heavy atom. The summed E-state index contributed by atoms with van der Waals surface area (Å²) in [5, 5.41) is 12.2. The zero-order valence-electron chi connectivity index (χ0n) is 30.9. The monoisotopic (exact) mass is 652 g/mol. The van der Waals surface area contributed by atoms with Gasteiger partial charge in [0.25, 0.3) is 0 Å². The van der Waals surface area contributed by atoms with Crippen molar-refractivity contribution in [2.24, 2.45) is 0 Å². The summed E-state index contributed by atoms with van der Waals surface area (Å²) in [4.78, 5) is 37.4. The average molecular weight is 652 g/mol. The van der Waals surface area contributed by atoms with Gasteiger partial charge >= 0.3 is 11.9 Å². The van der Waals surface area contributed by atoms with Gasteiger partial charge in [-0.1, -0.05) is 181 Å². The maximum absolute atomic E-state index is 13.1. The van der Waals surface area contributed by atoms with Crippen LogP contribution in [0.2, 0.25) is 0 Å². The van der Waals surface area contributed by atoms with Crippen molar-refractivity contribution in [3.05, 3.63) is 0 Å². The van der Waals surface area contributed by atoms with E-state index in [2.05, 4.69) is 26.1 Å². The van der Waals surface area contributed by atoms with Crippen LogP contribution in [0, 0.1) is 0 Å². The normalized spacial score (nSPS) is 12.6. The van der Waals surface area contributed by atoms with Crippen LogP contribution in [0.5, 0.6) is 0 Å².